The quantitative estimate of drug-likeness (QED) is 0.626. The minimum Gasteiger partial charge on any atom is -0.444 e. The molecule has 2 aliphatic heterocycles. The summed E-state index contributed by atoms with van der Waals surface area (Å²) in [7, 11) is 0. The molecule has 2 saturated heterocycles. The van der Waals surface area contributed by atoms with Crippen molar-refractivity contribution < 1.29 is 9.53 Å². The summed E-state index contributed by atoms with van der Waals surface area (Å²) in [5.41, 5.74) is -0.381. The van der Waals surface area contributed by atoms with Crippen LogP contribution < -0.4 is 5.32 Å². The number of ether oxygens (including phenoxy) is 1. The molecule has 0 aliphatic carbocycles. The smallest absolute Gasteiger partial charge is 0.410 e. The first-order valence-corrected chi connectivity index (χ1v) is 5.18. The lowest BCUT2D eigenvalue weighted by molar-refractivity contribution is -0.0163. The molecule has 4 nitrogen and oxygen atoms in total. The standard InChI is InChI=1S/C10H18N2O2/c1-10(2,3)14-9(13)12-6-7-4-11-5-8(7)12/h7-8,11H,4-6H2,1-3H3/t7-,8+/m0/s1. The van der Waals surface area contributed by atoms with E-state index in [1.165, 1.54) is 0 Å². The second-order valence-corrected chi connectivity index (χ2v) is 5.12. The van der Waals surface area contributed by atoms with Gasteiger partial charge in [-0.3, -0.25) is 0 Å². The molecule has 0 aromatic rings. The molecule has 2 heterocycles. The van der Waals surface area contributed by atoms with Crippen LogP contribution in [0.4, 0.5) is 4.79 Å². The highest BCUT2D eigenvalue weighted by Gasteiger charge is 2.46. The molecule has 2 atom stereocenters. The van der Waals surface area contributed by atoms with Gasteiger partial charge in [0.1, 0.15) is 5.60 Å². The van der Waals surface area contributed by atoms with Crippen molar-refractivity contribution in [1.29, 1.82) is 0 Å². The largest absolute Gasteiger partial charge is 0.444 e. The van der Waals surface area contributed by atoms with Gasteiger partial charge in [0.05, 0.1) is 6.04 Å². The van der Waals surface area contributed by atoms with Crippen LogP contribution in [-0.4, -0.2) is 42.3 Å². The van der Waals surface area contributed by atoms with E-state index in [-0.39, 0.29) is 11.7 Å². The normalized spacial score (nSPS) is 30.9. The predicted octanol–water partition coefficient (Wildman–Crippen LogP) is 0.825. The van der Waals surface area contributed by atoms with Crippen LogP contribution >= 0.6 is 0 Å². The maximum absolute atomic E-state index is 11.7. The zero-order chi connectivity index (χ0) is 10.3. The first-order valence-electron chi connectivity index (χ1n) is 5.18. The van der Waals surface area contributed by atoms with Gasteiger partial charge in [0.2, 0.25) is 0 Å². The molecule has 0 spiro atoms. The topological polar surface area (TPSA) is 41.6 Å². The third kappa shape index (κ3) is 1.71. The number of hydrogen-bond acceptors (Lipinski definition) is 3. The molecular weight excluding hydrogens is 180 g/mol. The fraction of sp³-hybridized carbons (Fsp3) is 0.900. The molecule has 0 saturated carbocycles. The molecule has 80 valence electrons. The van der Waals surface area contributed by atoms with Crippen molar-refractivity contribution in [2.24, 2.45) is 5.92 Å². The van der Waals surface area contributed by atoms with Crippen molar-refractivity contribution in [3.8, 4) is 0 Å². The predicted molar refractivity (Wildman–Crippen MR) is 53.1 cm³/mol. The minimum atomic E-state index is -0.381. The zero-order valence-corrected chi connectivity index (χ0v) is 9.04. The zero-order valence-electron chi connectivity index (χ0n) is 9.04. The van der Waals surface area contributed by atoms with E-state index in [0.29, 0.717) is 12.0 Å². The Morgan fingerprint density at radius 3 is 2.71 bits per heavy atom. The second kappa shape index (κ2) is 3.12. The summed E-state index contributed by atoms with van der Waals surface area (Å²) >= 11 is 0. The van der Waals surface area contributed by atoms with Gasteiger partial charge in [-0.05, 0) is 20.8 Å². The van der Waals surface area contributed by atoms with Crippen molar-refractivity contribution in [2.75, 3.05) is 19.6 Å². The third-order valence-electron chi connectivity index (χ3n) is 2.76. The molecule has 0 aromatic carbocycles. The maximum atomic E-state index is 11.7. The highest BCUT2D eigenvalue weighted by Crippen LogP contribution is 2.29. The maximum Gasteiger partial charge on any atom is 0.410 e. The number of fused-ring (bicyclic) bond motifs is 1. The van der Waals surface area contributed by atoms with Crippen LogP contribution in [0.5, 0.6) is 0 Å². The number of nitrogens with zero attached hydrogens (tertiary/aromatic N) is 1. The summed E-state index contributed by atoms with van der Waals surface area (Å²) in [6, 6.07) is 0.379. The molecule has 0 bridgehead atoms. The number of carbonyl (C=O) groups is 1. The van der Waals surface area contributed by atoms with Gasteiger partial charge in [-0.25, -0.2) is 4.79 Å². The van der Waals surface area contributed by atoms with Crippen LogP contribution in [0.1, 0.15) is 20.8 Å². The summed E-state index contributed by atoms with van der Waals surface area (Å²) in [4.78, 5) is 13.5. The van der Waals surface area contributed by atoms with E-state index in [0.717, 1.165) is 19.6 Å². The molecule has 2 aliphatic rings. The summed E-state index contributed by atoms with van der Waals surface area (Å²) < 4.78 is 5.31. The molecule has 1 amide bonds. The number of amides is 1. The van der Waals surface area contributed by atoms with E-state index < -0.39 is 0 Å². The Labute approximate surface area is 84.6 Å². The van der Waals surface area contributed by atoms with Gasteiger partial charge in [-0.15, -0.1) is 0 Å². The summed E-state index contributed by atoms with van der Waals surface area (Å²) in [6.07, 6.45) is -0.164. The van der Waals surface area contributed by atoms with E-state index in [9.17, 15) is 4.79 Å². The highest BCUT2D eigenvalue weighted by atomic mass is 16.6. The lowest BCUT2D eigenvalue weighted by Gasteiger charge is -2.43. The highest BCUT2D eigenvalue weighted by molar-refractivity contribution is 5.70. The fourth-order valence-electron chi connectivity index (χ4n) is 2.05. The van der Waals surface area contributed by atoms with E-state index >= 15 is 0 Å². The Morgan fingerprint density at radius 1 is 1.43 bits per heavy atom. The van der Waals surface area contributed by atoms with Crippen LogP contribution in [0, 0.1) is 5.92 Å². The summed E-state index contributed by atoms with van der Waals surface area (Å²) in [6.45, 7) is 8.51. The van der Waals surface area contributed by atoms with Crippen LogP contribution in [0.15, 0.2) is 0 Å². The summed E-state index contributed by atoms with van der Waals surface area (Å²) in [5, 5.41) is 3.28. The fourth-order valence-corrected chi connectivity index (χ4v) is 2.05. The lowest BCUT2D eigenvalue weighted by atomic mass is 9.93. The van der Waals surface area contributed by atoms with Crippen LogP contribution in [0.25, 0.3) is 0 Å². The van der Waals surface area contributed by atoms with Crippen LogP contribution in [0.3, 0.4) is 0 Å². The number of carbonyl (C=O) groups excluding carboxylic acids is 1. The van der Waals surface area contributed by atoms with Crippen molar-refractivity contribution >= 4 is 6.09 Å². The molecule has 0 unspecified atom stereocenters. The molecule has 0 aromatic heterocycles. The SMILES string of the molecule is CC(C)(C)OC(=O)N1C[C@@H]2CNC[C@H]21. The monoisotopic (exact) mass is 198 g/mol. The average molecular weight is 198 g/mol. The minimum absolute atomic E-state index is 0.164. The van der Waals surface area contributed by atoms with Gasteiger partial charge in [0.15, 0.2) is 0 Å². The Morgan fingerprint density at radius 2 is 2.14 bits per heavy atom. The average Bonchev–Trinajstić information content (AvgIpc) is 2.28. The van der Waals surface area contributed by atoms with E-state index in [4.69, 9.17) is 4.74 Å². The van der Waals surface area contributed by atoms with Gasteiger partial charge < -0.3 is 15.0 Å². The van der Waals surface area contributed by atoms with Crippen LogP contribution in [0.2, 0.25) is 0 Å². The van der Waals surface area contributed by atoms with Gasteiger partial charge in [-0.2, -0.15) is 0 Å². The first-order chi connectivity index (χ1) is 6.47. The lowest BCUT2D eigenvalue weighted by Crippen LogP contribution is -2.59. The molecule has 2 rings (SSSR count). The third-order valence-corrected chi connectivity index (χ3v) is 2.76. The molecule has 0 radical (unpaired) electrons. The first kappa shape index (κ1) is 9.77. The van der Waals surface area contributed by atoms with Crippen molar-refractivity contribution in [3.05, 3.63) is 0 Å². The van der Waals surface area contributed by atoms with E-state index in [1.807, 2.05) is 25.7 Å². The Bertz CT molecular complexity index is 247. The van der Waals surface area contributed by atoms with Crippen molar-refractivity contribution in [2.45, 2.75) is 32.4 Å². The molecule has 4 heteroatoms. The van der Waals surface area contributed by atoms with Crippen molar-refractivity contribution in [3.63, 3.8) is 0 Å². The van der Waals surface area contributed by atoms with E-state index in [1.54, 1.807) is 0 Å². The number of nitrogens with one attached hydrogen (secondary N) is 1. The van der Waals surface area contributed by atoms with Gasteiger partial charge in [0, 0.05) is 25.6 Å². The van der Waals surface area contributed by atoms with Gasteiger partial charge in [0.25, 0.3) is 0 Å². The number of rotatable bonds is 0. The van der Waals surface area contributed by atoms with E-state index in [2.05, 4.69) is 5.32 Å². The Balaban J connectivity index is 1.88. The molecular formula is C10H18N2O2. The van der Waals surface area contributed by atoms with Crippen LogP contribution in [-0.2, 0) is 4.74 Å². The summed E-state index contributed by atoms with van der Waals surface area (Å²) in [5.74, 6) is 0.655. The van der Waals surface area contributed by atoms with Gasteiger partial charge >= 0.3 is 6.09 Å². The van der Waals surface area contributed by atoms with Gasteiger partial charge in [-0.1, -0.05) is 0 Å². The molecule has 14 heavy (non-hydrogen) atoms. The Kier molecular flexibility index (Phi) is 2.18. The van der Waals surface area contributed by atoms with Crippen molar-refractivity contribution in [1.82, 2.24) is 10.2 Å². The number of hydrogen-bond donors (Lipinski definition) is 1. The molecule has 1 N–H and O–H groups in total. The Hall–Kier alpha value is -0.770. The number of likely N-dealkylation sites (tertiary alicyclic amines) is 1. The second-order valence-electron chi connectivity index (χ2n) is 5.12. The molecule has 2 fully saturated rings.